The Kier molecular flexibility index (Phi) is 6.35. The van der Waals surface area contributed by atoms with Gasteiger partial charge < -0.3 is 4.74 Å². The van der Waals surface area contributed by atoms with Gasteiger partial charge in [-0.15, -0.1) is 0 Å². The molecule has 1 saturated heterocycles. The van der Waals surface area contributed by atoms with E-state index in [1.54, 1.807) is 30.3 Å². The fourth-order valence-electron chi connectivity index (χ4n) is 2.96. The number of carbonyl (C=O) groups excluding carboxylic acids is 2. The van der Waals surface area contributed by atoms with E-state index < -0.39 is 11.8 Å². The standard InChI is InChI=1S/C22H21ClN2O3S/c1-4-28-19-10-5-14(13(2)3)11-15(19)12-18-20(26)24-22(29)25(21(18)27)17-8-6-16(23)7-9-17/h5-13H,4H2,1-3H3,(H,24,26,29)/b18-12-. The Morgan fingerprint density at radius 2 is 1.86 bits per heavy atom. The van der Waals surface area contributed by atoms with Crippen molar-refractivity contribution in [2.45, 2.75) is 26.7 Å². The highest BCUT2D eigenvalue weighted by molar-refractivity contribution is 7.80. The first-order valence-corrected chi connectivity index (χ1v) is 10.0. The lowest BCUT2D eigenvalue weighted by atomic mass is 9.98. The molecule has 29 heavy (non-hydrogen) atoms. The lowest BCUT2D eigenvalue weighted by Gasteiger charge is -2.29. The SMILES string of the molecule is CCOc1ccc(C(C)C)cc1/C=C1/C(=O)NC(=S)N(c2ccc(Cl)cc2)C1=O. The molecule has 150 valence electrons. The minimum atomic E-state index is -0.539. The number of nitrogens with zero attached hydrogens (tertiary/aromatic N) is 1. The van der Waals surface area contributed by atoms with Crippen LogP contribution in [-0.2, 0) is 9.59 Å². The molecule has 0 radical (unpaired) electrons. The number of ether oxygens (including phenoxy) is 1. The van der Waals surface area contributed by atoms with E-state index >= 15 is 0 Å². The molecule has 1 fully saturated rings. The maximum atomic E-state index is 13.2. The third kappa shape index (κ3) is 4.49. The van der Waals surface area contributed by atoms with Crippen molar-refractivity contribution in [3.8, 4) is 5.75 Å². The van der Waals surface area contributed by atoms with Gasteiger partial charge in [0.2, 0.25) is 0 Å². The molecule has 1 heterocycles. The summed E-state index contributed by atoms with van der Waals surface area (Å²) in [6.45, 7) is 6.50. The summed E-state index contributed by atoms with van der Waals surface area (Å²) < 4.78 is 5.69. The smallest absolute Gasteiger partial charge is 0.270 e. The van der Waals surface area contributed by atoms with Crippen LogP contribution in [0.15, 0.2) is 48.0 Å². The van der Waals surface area contributed by atoms with E-state index in [-0.39, 0.29) is 16.6 Å². The van der Waals surface area contributed by atoms with Gasteiger partial charge in [-0.25, -0.2) is 0 Å². The average molecular weight is 429 g/mol. The van der Waals surface area contributed by atoms with Crippen LogP contribution in [0.4, 0.5) is 5.69 Å². The van der Waals surface area contributed by atoms with E-state index in [1.165, 1.54) is 4.90 Å². The van der Waals surface area contributed by atoms with Gasteiger partial charge in [0, 0.05) is 10.6 Å². The van der Waals surface area contributed by atoms with Crippen LogP contribution < -0.4 is 15.0 Å². The van der Waals surface area contributed by atoms with Gasteiger partial charge in [-0.3, -0.25) is 19.8 Å². The van der Waals surface area contributed by atoms with Crippen LogP contribution in [0, 0.1) is 0 Å². The maximum absolute atomic E-state index is 13.2. The van der Waals surface area contributed by atoms with Gasteiger partial charge in [0.1, 0.15) is 11.3 Å². The van der Waals surface area contributed by atoms with Crippen molar-refractivity contribution in [1.29, 1.82) is 0 Å². The van der Waals surface area contributed by atoms with E-state index in [9.17, 15) is 9.59 Å². The second-order valence-electron chi connectivity index (χ2n) is 6.82. The number of nitrogens with one attached hydrogen (secondary N) is 1. The second-order valence-corrected chi connectivity index (χ2v) is 7.64. The van der Waals surface area contributed by atoms with Crippen LogP contribution in [-0.4, -0.2) is 23.5 Å². The van der Waals surface area contributed by atoms with E-state index in [0.29, 0.717) is 28.6 Å². The third-order valence-electron chi connectivity index (χ3n) is 4.49. The molecule has 0 spiro atoms. The van der Waals surface area contributed by atoms with Crippen molar-refractivity contribution in [3.05, 3.63) is 64.2 Å². The molecule has 5 nitrogen and oxygen atoms in total. The highest BCUT2D eigenvalue weighted by Crippen LogP contribution is 2.29. The van der Waals surface area contributed by atoms with Crippen LogP contribution in [0.1, 0.15) is 37.8 Å². The van der Waals surface area contributed by atoms with Crippen LogP contribution in [0.2, 0.25) is 5.02 Å². The summed E-state index contributed by atoms with van der Waals surface area (Å²) in [7, 11) is 0. The van der Waals surface area contributed by atoms with Gasteiger partial charge in [0.25, 0.3) is 11.8 Å². The van der Waals surface area contributed by atoms with Gasteiger partial charge in [0.15, 0.2) is 5.11 Å². The largest absolute Gasteiger partial charge is 0.493 e. The van der Waals surface area contributed by atoms with Crippen molar-refractivity contribution in [2.75, 3.05) is 11.5 Å². The van der Waals surface area contributed by atoms with Crippen LogP contribution in [0.3, 0.4) is 0 Å². The first kappa shape index (κ1) is 21.0. The number of hydrogen-bond donors (Lipinski definition) is 1. The minimum absolute atomic E-state index is 0.0181. The predicted octanol–water partition coefficient (Wildman–Crippen LogP) is 4.69. The van der Waals surface area contributed by atoms with E-state index in [4.69, 9.17) is 28.6 Å². The number of thiocarbonyl (C=S) groups is 1. The van der Waals surface area contributed by atoms with E-state index in [1.807, 2.05) is 25.1 Å². The molecule has 3 rings (SSSR count). The third-order valence-corrected chi connectivity index (χ3v) is 5.02. The van der Waals surface area contributed by atoms with Crippen molar-refractivity contribution in [1.82, 2.24) is 5.32 Å². The molecule has 0 unspecified atom stereocenters. The molecule has 0 saturated carbocycles. The average Bonchev–Trinajstić information content (AvgIpc) is 2.67. The Hall–Kier alpha value is -2.70. The number of hydrogen-bond acceptors (Lipinski definition) is 4. The lowest BCUT2D eigenvalue weighted by molar-refractivity contribution is -0.122. The molecular formula is C22H21ClN2O3S. The lowest BCUT2D eigenvalue weighted by Crippen LogP contribution is -2.54. The van der Waals surface area contributed by atoms with Gasteiger partial charge in [-0.05, 0) is 73.1 Å². The Balaban J connectivity index is 2.06. The summed E-state index contributed by atoms with van der Waals surface area (Å²) in [6.07, 6.45) is 1.55. The normalized spacial score (nSPS) is 15.8. The zero-order valence-electron chi connectivity index (χ0n) is 16.4. The fourth-order valence-corrected chi connectivity index (χ4v) is 3.37. The highest BCUT2D eigenvalue weighted by Gasteiger charge is 2.34. The van der Waals surface area contributed by atoms with Gasteiger partial charge >= 0.3 is 0 Å². The summed E-state index contributed by atoms with van der Waals surface area (Å²) >= 11 is 11.2. The molecule has 0 aromatic heterocycles. The quantitative estimate of drug-likeness (QED) is 0.426. The van der Waals surface area contributed by atoms with Crippen LogP contribution in [0.25, 0.3) is 6.08 Å². The first-order valence-electron chi connectivity index (χ1n) is 9.25. The zero-order chi connectivity index (χ0) is 21.1. The maximum Gasteiger partial charge on any atom is 0.270 e. The monoisotopic (exact) mass is 428 g/mol. The molecule has 1 aliphatic rings. The van der Waals surface area contributed by atoms with Crippen molar-refractivity contribution in [3.63, 3.8) is 0 Å². The molecule has 1 N–H and O–H groups in total. The van der Waals surface area contributed by atoms with Gasteiger partial charge in [-0.1, -0.05) is 31.5 Å². The molecular weight excluding hydrogens is 408 g/mol. The summed E-state index contributed by atoms with van der Waals surface area (Å²) in [6, 6.07) is 12.4. The summed E-state index contributed by atoms with van der Waals surface area (Å²) in [5.41, 5.74) is 2.25. The van der Waals surface area contributed by atoms with Crippen molar-refractivity contribution in [2.24, 2.45) is 0 Å². The Morgan fingerprint density at radius 1 is 1.17 bits per heavy atom. The van der Waals surface area contributed by atoms with Crippen molar-refractivity contribution < 1.29 is 14.3 Å². The minimum Gasteiger partial charge on any atom is -0.493 e. The number of amides is 2. The highest BCUT2D eigenvalue weighted by atomic mass is 35.5. The predicted molar refractivity (Wildman–Crippen MR) is 119 cm³/mol. The van der Waals surface area contributed by atoms with Gasteiger partial charge in [-0.2, -0.15) is 0 Å². The molecule has 0 aliphatic carbocycles. The summed E-state index contributed by atoms with van der Waals surface area (Å²) in [5, 5.41) is 3.15. The first-order chi connectivity index (χ1) is 13.8. The molecule has 7 heteroatoms. The molecule has 0 atom stereocenters. The Bertz CT molecular complexity index is 1000. The number of halogens is 1. The molecule has 2 amide bonds. The van der Waals surface area contributed by atoms with Crippen LogP contribution >= 0.6 is 23.8 Å². The molecule has 0 bridgehead atoms. The summed E-state index contributed by atoms with van der Waals surface area (Å²) in [5.74, 6) is -0.144. The Labute approximate surface area is 180 Å². The number of rotatable bonds is 5. The fraction of sp³-hybridized carbons (Fsp3) is 0.227. The van der Waals surface area contributed by atoms with Crippen molar-refractivity contribution >= 4 is 52.5 Å². The Morgan fingerprint density at radius 3 is 2.48 bits per heavy atom. The van der Waals surface area contributed by atoms with E-state index in [0.717, 1.165) is 5.56 Å². The molecule has 2 aromatic rings. The summed E-state index contributed by atoms with van der Waals surface area (Å²) in [4.78, 5) is 27.0. The topological polar surface area (TPSA) is 58.6 Å². The second kappa shape index (κ2) is 8.76. The molecule has 1 aliphatic heterocycles. The number of benzene rings is 2. The van der Waals surface area contributed by atoms with Gasteiger partial charge in [0.05, 0.1) is 12.3 Å². The van der Waals surface area contributed by atoms with Crippen LogP contribution in [0.5, 0.6) is 5.75 Å². The zero-order valence-corrected chi connectivity index (χ0v) is 17.9. The van der Waals surface area contributed by atoms with E-state index in [2.05, 4.69) is 19.2 Å². The number of anilines is 1. The molecule has 2 aromatic carbocycles. The number of carbonyl (C=O) groups is 2.